The third-order valence-corrected chi connectivity index (χ3v) is 5.61. The Bertz CT molecular complexity index is 1100. The number of halogens is 4. The van der Waals surface area contributed by atoms with Crippen molar-refractivity contribution in [3.05, 3.63) is 58.6 Å². The van der Waals surface area contributed by atoms with Gasteiger partial charge in [0, 0.05) is 0 Å². The fourth-order valence-corrected chi connectivity index (χ4v) is 3.73. The number of hydrazone groups is 1. The summed E-state index contributed by atoms with van der Waals surface area (Å²) >= 11 is 5.93. The third kappa shape index (κ3) is 6.86. The summed E-state index contributed by atoms with van der Waals surface area (Å²) in [5.74, 6) is -0.205. The predicted octanol–water partition coefficient (Wildman–Crippen LogP) is 4.06. The number of hydrogen-bond donors (Lipinski definition) is 1. The van der Waals surface area contributed by atoms with Gasteiger partial charge in [-0.3, -0.25) is 9.10 Å². The van der Waals surface area contributed by atoms with Crippen LogP contribution < -0.4 is 14.5 Å². The highest BCUT2D eigenvalue weighted by Crippen LogP contribution is 2.36. The van der Waals surface area contributed by atoms with Crippen molar-refractivity contribution in [2.24, 2.45) is 5.10 Å². The number of nitrogens with one attached hydrogen (secondary N) is 1. The number of carbonyl (C=O) groups excluding carboxylic acids is 1. The van der Waals surface area contributed by atoms with E-state index in [0.717, 1.165) is 18.4 Å². The average molecular weight is 492 g/mol. The second-order valence-electron chi connectivity index (χ2n) is 6.62. The first-order valence-electron chi connectivity index (χ1n) is 9.23. The van der Waals surface area contributed by atoms with Gasteiger partial charge in [-0.1, -0.05) is 11.6 Å². The van der Waals surface area contributed by atoms with Crippen molar-refractivity contribution < 1.29 is 31.1 Å². The summed E-state index contributed by atoms with van der Waals surface area (Å²) in [5.41, 5.74) is 1.73. The fraction of sp³-hybridized carbons (Fsp3) is 0.300. The van der Waals surface area contributed by atoms with E-state index in [1.807, 2.05) is 6.92 Å². The van der Waals surface area contributed by atoms with E-state index in [4.69, 9.17) is 16.3 Å². The van der Waals surface area contributed by atoms with Crippen LogP contribution in [0.5, 0.6) is 5.75 Å². The summed E-state index contributed by atoms with van der Waals surface area (Å²) in [6, 6.07) is 9.11. The van der Waals surface area contributed by atoms with E-state index in [1.165, 1.54) is 0 Å². The quantitative estimate of drug-likeness (QED) is 0.445. The highest BCUT2D eigenvalue weighted by Gasteiger charge is 2.33. The van der Waals surface area contributed by atoms with E-state index in [9.17, 15) is 26.4 Å². The molecule has 0 spiro atoms. The summed E-state index contributed by atoms with van der Waals surface area (Å²) in [6.45, 7) is 3.16. The first-order chi connectivity index (χ1) is 14.8. The number of sulfonamides is 1. The lowest BCUT2D eigenvalue weighted by molar-refractivity contribution is -0.137. The molecule has 0 radical (unpaired) electrons. The van der Waals surface area contributed by atoms with E-state index in [2.05, 4.69) is 10.5 Å². The molecule has 0 aliphatic heterocycles. The molecule has 7 nitrogen and oxygen atoms in total. The van der Waals surface area contributed by atoms with Crippen LogP contribution in [0.4, 0.5) is 18.9 Å². The monoisotopic (exact) mass is 491 g/mol. The van der Waals surface area contributed by atoms with E-state index < -0.39 is 39.9 Å². The van der Waals surface area contributed by atoms with Crippen molar-refractivity contribution in [3.8, 4) is 5.75 Å². The van der Waals surface area contributed by atoms with E-state index in [1.54, 1.807) is 31.2 Å². The minimum Gasteiger partial charge on any atom is -0.494 e. The lowest BCUT2D eigenvalue weighted by Crippen LogP contribution is -2.39. The normalized spacial score (nSPS) is 12.4. The summed E-state index contributed by atoms with van der Waals surface area (Å²) in [6.07, 6.45) is -3.96. The predicted molar refractivity (Wildman–Crippen MR) is 117 cm³/mol. The van der Waals surface area contributed by atoms with Crippen LogP contribution in [0.1, 0.15) is 25.0 Å². The van der Waals surface area contributed by atoms with E-state index in [0.29, 0.717) is 34.0 Å². The maximum atomic E-state index is 13.0. The third-order valence-electron chi connectivity index (χ3n) is 4.16. The van der Waals surface area contributed by atoms with Crippen molar-refractivity contribution in [1.29, 1.82) is 0 Å². The Labute approximate surface area is 188 Å². The first-order valence-corrected chi connectivity index (χ1v) is 11.5. The van der Waals surface area contributed by atoms with Gasteiger partial charge in [0.25, 0.3) is 5.91 Å². The molecule has 12 heteroatoms. The number of alkyl halides is 3. The second-order valence-corrected chi connectivity index (χ2v) is 8.94. The van der Waals surface area contributed by atoms with Crippen LogP contribution in [-0.4, -0.2) is 39.4 Å². The van der Waals surface area contributed by atoms with Gasteiger partial charge in [-0.2, -0.15) is 18.3 Å². The van der Waals surface area contributed by atoms with Crippen LogP contribution in [0.25, 0.3) is 0 Å². The van der Waals surface area contributed by atoms with Crippen molar-refractivity contribution >= 4 is 38.9 Å². The lowest BCUT2D eigenvalue weighted by Gasteiger charge is -2.23. The molecule has 0 fully saturated rings. The summed E-state index contributed by atoms with van der Waals surface area (Å²) < 4.78 is 69.3. The Morgan fingerprint density at radius 2 is 1.81 bits per heavy atom. The smallest absolute Gasteiger partial charge is 0.416 e. The van der Waals surface area contributed by atoms with Gasteiger partial charge in [0.05, 0.1) is 34.8 Å². The van der Waals surface area contributed by atoms with Gasteiger partial charge in [-0.25, -0.2) is 13.8 Å². The topological polar surface area (TPSA) is 88.1 Å². The van der Waals surface area contributed by atoms with Crippen LogP contribution in [0.3, 0.4) is 0 Å². The number of rotatable bonds is 8. The van der Waals surface area contributed by atoms with E-state index >= 15 is 0 Å². The fourth-order valence-electron chi connectivity index (χ4n) is 2.60. The molecule has 0 aliphatic carbocycles. The van der Waals surface area contributed by atoms with Gasteiger partial charge in [0.2, 0.25) is 10.0 Å². The minimum atomic E-state index is -4.72. The molecule has 2 aromatic carbocycles. The Balaban J connectivity index is 2.22. The molecule has 0 bridgehead atoms. The average Bonchev–Trinajstić information content (AvgIpc) is 2.70. The van der Waals surface area contributed by atoms with Gasteiger partial charge in [-0.15, -0.1) is 0 Å². The van der Waals surface area contributed by atoms with Gasteiger partial charge < -0.3 is 4.74 Å². The molecule has 0 unspecified atom stereocenters. The van der Waals surface area contributed by atoms with Gasteiger partial charge in [0.1, 0.15) is 12.3 Å². The molecule has 32 heavy (non-hydrogen) atoms. The summed E-state index contributed by atoms with van der Waals surface area (Å²) in [7, 11) is -4.14. The van der Waals surface area contributed by atoms with Crippen LogP contribution in [0.2, 0.25) is 5.02 Å². The van der Waals surface area contributed by atoms with Crippen molar-refractivity contribution in [1.82, 2.24) is 5.43 Å². The standard InChI is InChI=1S/C20H21ClF3N3O4S/c1-4-31-16-8-5-14(6-9-16)13(2)25-26-19(28)12-27(32(3,29)30)18-11-15(20(22,23)24)7-10-17(18)21/h5-11H,4,12H2,1-3H3,(H,26,28)/b25-13-. The molecule has 174 valence electrons. The molecule has 0 heterocycles. The molecule has 0 atom stereocenters. The largest absolute Gasteiger partial charge is 0.494 e. The molecule has 2 rings (SSSR count). The van der Waals surface area contributed by atoms with Crippen LogP contribution in [0.15, 0.2) is 47.6 Å². The molecule has 0 aliphatic rings. The van der Waals surface area contributed by atoms with Gasteiger partial charge >= 0.3 is 6.18 Å². The van der Waals surface area contributed by atoms with Crippen LogP contribution in [0, 0.1) is 0 Å². The Hall–Kier alpha value is -2.79. The molecular formula is C20H21ClF3N3O4S. The zero-order valence-corrected chi connectivity index (χ0v) is 19.0. The highest BCUT2D eigenvalue weighted by atomic mass is 35.5. The maximum Gasteiger partial charge on any atom is 0.416 e. The zero-order valence-electron chi connectivity index (χ0n) is 17.4. The summed E-state index contributed by atoms with van der Waals surface area (Å²) in [5, 5.41) is 3.66. The molecule has 0 saturated carbocycles. The van der Waals surface area contributed by atoms with E-state index in [-0.39, 0.29) is 5.02 Å². The number of anilines is 1. The number of hydrogen-bond acceptors (Lipinski definition) is 5. The Morgan fingerprint density at radius 3 is 2.34 bits per heavy atom. The Kier molecular flexibility index (Phi) is 8.13. The second kappa shape index (κ2) is 10.2. The lowest BCUT2D eigenvalue weighted by atomic mass is 10.1. The SMILES string of the molecule is CCOc1ccc(/C(C)=N\NC(=O)CN(c2cc(C(F)(F)F)ccc2Cl)S(C)(=O)=O)cc1. The molecular weight excluding hydrogens is 471 g/mol. The van der Waals surface area contributed by atoms with Crippen molar-refractivity contribution in [2.45, 2.75) is 20.0 Å². The Morgan fingerprint density at radius 1 is 1.19 bits per heavy atom. The van der Waals surface area contributed by atoms with Gasteiger partial charge in [0.15, 0.2) is 0 Å². The molecule has 0 aromatic heterocycles. The molecule has 1 N–H and O–H groups in total. The number of benzene rings is 2. The number of ether oxygens (including phenoxy) is 1. The van der Waals surface area contributed by atoms with Crippen LogP contribution in [-0.2, 0) is 21.0 Å². The van der Waals surface area contributed by atoms with Crippen molar-refractivity contribution in [2.75, 3.05) is 23.7 Å². The first kappa shape index (κ1) is 25.5. The minimum absolute atomic E-state index is 0.259. The molecule has 0 saturated heterocycles. The number of nitrogens with zero attached hydrogens (tertiary/aromatic N) is 2. The van der Waals surface area contributed by atoms with Crippen molar-refractivity contribution in [3.63, 3.8) is 0 Å². The summed E-state index contributed by atoms with van der Waals surface area (Å²) in [4.78, 5) is 12.3. The molecule has 2 aromatic rings. The number of amides is 1. The maximum absolute atomic E-state index is 13.0. The highest BCUT2D eigenvalue weighted by molar-refractivity contribution is 7.92. The van der Waals surface area contributed by atoms with Gasteiger partial charge in [-0.05, 0) is 61.9 Å². The van der Waals surface area contributed by atoms with Crippen LogP contribution >= 0.6 is 11.6 Å². The zero-order chi connectivity index (χ0) is 24.1. The number of carbonyl (C=O) groups is 1. The molecule has 1 amide bonds.